The van der Waals surface area contributed by atoms with Crippen molar-refractivity contribution in [2.24, 2.45) is 0 Å². The maximum absolute atomic E-state index is 12.2. The molecule has 0 bridgehead atoms. The molecule has 1 aromatic rings. The minimum Gasteiger partial charge on any atom is -0.465 e. The van der Waals surface area contributed by atoms with Crippen LogP contribution >= 0.6 is 11.8 Å². The van der Waals surface area contributed by atoms with Crippen LogP contribution in [0, 0.1) is 0 Å². The fourth-order valence-corrected chi connectivity index (χ4v) is 5.39. The van der Waals surface area contributed by atoms with Crippen LogP contribution in [0.25, 0.3) is 0 Å². The van der Waals surface area contributed by atoms with Crippen LogP contribution in [0.4, 0.5) is 9.59 Å². The Bertz CT molecular complexity index is 852. The van der Waals surface area contributed by atoms with Gasteiger partial charge in [-0.2, -0.15) is 11.8 Å². The zero-order valence-electron chi connectivity index (χ0n) is 17.7. The molecule has 1 aromatic carbocycles. The van der Waals surface area contributed by atoms with Crippen molar-refractivity contribution in [2.75, 3.05) is 18.8 Å². The first-order valence-corrected chi connectivity index (χ1v) is 11.8. The summed E-state index contributed by atoms with van der Waals surface area (Å²) in [7, 11) is 0. The van der Waals surface area contributed by atoms with E-state index in [1.807, 2.05) is 11.8 Å². The number of amides is 5. The second-order valence-corrected chi connectivity index (χ2v) is 9.10. The van der Waals surface area contributed by atoms with Crippen molar-refractivity contribution in [1.82, 2.24) is 26.6 Å². The zero-order valence-corrected chi connectivity index (χ0v) is 18.5. The minimum atomic E-state index is -1.12. The molecule has 5 amide bonds. The van der Waals surface area contributed by atoms with E-state index in [9.17, 15) is 19.2 Å². The van der Waals surface area contributed by atoms with E-state index in [1.165, 1.54) is 0 Å². The highest BCUT2D eigenvalue weighted by molar-refractivity contribution is 8.00. The first-order chi connectivity index (χ1) is 15.4. The lowest BCUT2D eigenvalue weighted by molar-refractivity contribution is -0.121. The monoisotopic (exact) mass is 463 g/mol. The molecule has 2 fully saturated rings. The van der Waals surface area contributed by atoms with Crippen molar-refractivity contribution in [1.29, 1.82) is 0 Å². The van der Waals surface area contributed by atoms with E-state index < -0.39 is 6.09 Å². The summed E-state index contributed by atoms with van der Waals surface area (Å²) in [5, 5.41) is 22.8. The molecule has 2 aliphatic heterocycles. The molecule has 2 aliphatic rings. The molecule has 3 rings (SSSR count). The van der Waals surface area contributed by atoms with Crippen molar-refractivity contribution in [3.8, 4) is 0 Å². The summed E-state index contributed by atoms with van der Waals surface area (Å²) < 4.78 is 0. The normalized spacial score (nSPS) is 21.2. The molecule has 0 aromatic heterocycles. The van der Waals surface area contributed by atoms with Crippen LogP contribution in [0.5, 0.6) is 0 Å². The molecule has 11 heteroatoms. The summed E-state index contributed by atoms with van der Waals surface area (Å²) in [4.78, 5) is 46.2. The van der Waals surface area contributed by atoms with Crippen molar-refractivity contribution in [2.45, 2.75) is 49.6 Å². The number of carbonyl (C=O) groups is 4. The van der Waals surface area contributed by atoms with Gasteiger partial charge >= 0.3 is 12.1 Å². The van der Waals surface area contributed by atoms with E-state index in [0.29, 0.717) is 35.9 Å². The summed E-state index contributed by atoms with van der Waals surface area (Å²) in [5.74, 6) is 0.607. The maximum Gasteiger partial charge on any atom is 0.404 e. The van der Waals surface area contributed by atoms with Gasteiger partial charge in [-0.1, -0.05) is 18.6 Å². The first kappa shape index (κ1) is 23.7. The van der Waals surface area contributed by atoms with Gasteiger partial charge < -0.3 is 31.7 Å². The number of unbranched alkanes of at least 4 members (excludes halogenated alkanes) is 1. The quantitative estimate of drug-likeness (QED) is 0.213. The van der Waals surface area contributed by atoms with Crippen molar-refractivity contribution >= 4 is 35.7 Å². The van der Waals surface area contributed by atoms with Gasteiger partial charge in [0.15, 0.2) is 0 Å². The third kappa shape index (κ3) is 7.04. The molecule has 6 N–H and O–H groups in total. The third-order valence-corrected chi connectivity index (χ3v) is 6.95. The third-order valence-electron chi connectivity index (χ3n) is 5.45. The van der Waals surface area contributed by atoms with Gasteiger partial charge in [0.25, 0.3) is 5.91 Å². The molecule has 0 radical (unpaired) electrons. The molecule has 0 spiro atoms. The zero-order chi connectivity index (χ0) is 22.9. The second-order valence-electron chi connectivity index (χ2n) is 7.83. The van der Waals surface area contributed by atoms with E-state index in [1.54, 1.807) is 24.3 Å². The van der Waals surface area contributed by atoms with Crippen molar-refractivity contribution in [3.05, 3.63) is 35.4 Å². The summed E-state index contributed by atoms with van der Waals surface area (Å²) in [6.45, 7) is 0.764. The summed E-state index contributed by atoms with van der Waals surface area (Å²) in [5.41, 5.74) is 1.12. The molecule has 0 unspecified atom stereocenters. The van der Waals surface area contributed by atoms with Crippen LogP contribution in [0.3, 0.4) is 0 Å². The highest BCUT2D eigenvalue weighted by Gasteiger charge is 2.42. The summed E-state index contributed by atoms with van der Waals surface area (Å²) in [6, 6.07) is 7.03. The predicted octanol–water partition coefficient (Wildman–Crippen LogP) is 1.03. The number of thioether (sulfide) groups is 1. The van der Waals surface area contributed by atoms with Crippen LogP contribution < -0.4 is 26.6 Å². The van der Waals surface area contributed by atoms with Gasteiger partial charge in [-0.25, -0.2) is 9.59 Å². The molecular weight excluding hydrogens is 434 g/mol. The SMILES string of the molecule is O=C(O)NCc1cccc(C(=O)NCCNC(=O)CCCC[C@@H]2SC[C@@H]3NC(=O)N[C@@H]32)c1. The van der Waals surface area contributed by atoms with Gasteiger partial charge in [-0.05, 0) is 30.5 Å². The average molecular weight is 464 g/mol. The lowest BCUT2D eigenvalue weighted by atomic mass is 10.0. The minimum absolute atomic E-state index is 0.0474. The molecular formula is C21H29N5O5S. The van der Waals surface area contributed by atoms with Crippen LogP contribution in [0.15, 0.2) is 24.3 Å². The molecule has 32 heavy (non-hydrogen) atoms. The van der Waals surface area contributed by atoms with Gasteiger partial charge in [-0.3, -0.25) is 9.59 Å². The van der Waals surface area contributed by atoms with Gasteiger partial charge in [0.2, 0.25) is 5.91 Å². The molecule has 2 saturated heterocycles. The molecule has 0 aliphatic carbocycles. The largest absolute Gasteiger partial charge is 0.465 e. The molecule has 174 valence electrons. The Morgan fingerprint density at radius 2 is 1.91 bits per heavy atom. The molecule has 10 nitrogen and oxygen atoms in total. The Balaban J connectivity index is 1.25. The number of carboxylic acid groups (broad SMARTS) is 1. The summed E-state index contributed by atoms with van der Waals surface area (Å²) >= 11 is 1.87. The fraction of sp³-hybridized carbons (Fsp3) is 0.524. The molecule has 0 saturated carbocycles. The number of hydrogen-bond acceptors (Lipinski definition) is 5. The smallest absolute Gasteiger partial charge is 0.404 e. The number of benzene rings is 1. The Labute approximate surface area is 190 Å². The Hall–Kier alpha value is -2.95. The Morgan fingerprint density at radius 1 is 1.09 bits per heavy atom. The van der Waals surface area contributed by atoms with E-state index >= 15 is 0 Å². The van der Waals surface area contributed by atoms with Crippen LogP contribution in [-0.2, 0) is 11.3 Å². The fourth-order valence-electron chi connectivity index (χ4n) is 3.84. The van der Waals surface area contributed by atoms with Crippen molar-refractivity contribution < 1.29 is 24.3 Å². The summed E-state index contributed by atoms with van der Waals surface area (Å²) in [6.07, 6.45) is 1.99. The lowest BCUT2D eigenvalue weighted by Gasteiger charge is -2.16. The van der Waals surface area contributed by atoms with Gasteiger partial charge in [0.1, 0.15) is 0 Å². The average Bonchev–Trinajstić information content (AvgIpc) is 3.32. The highest BCUT2D eigenvalue weighted by Crippen LogP contribution is 2.33. The highest BCUT2D eigenvalue weighted by atomic mass is 32.2. The number of rotatable bonds is 11. The Morgan fingerprint density at radius 3 is 2.72 bits per heavy atom. The van der Waals surface area contributed by atoms with E-state index in [0.717, 1.165) is 25.0 Å². The number of urea groups is 1. The molecule has 2 heterocycles. The maximum atomic E-state index is 12.2. The number of nitrogens with one attached hydrogen (secondary N) is 5. The van der Waals surface area contributed by atoms with Crippen LogP contribution in [0.2, 0.25) is 0 Å². The standard InChI is InChI=1S/C21H29N5O5S/c27-17(7-2-1-6-16-18-15(12-32-16)25-20(29)26-18)22-8-9-23-19(28)14-5-3-4-13(10-14)11-24-21(30)31/h3-5,10,15-16,18,24H,1-2,6-9,11-12H2,(H,22,27)(H,23,28)(H,30,31)(H2,25,26,29)/t15-,16-,18-/m0/s1. The number of fused-ring (bicyclic) bond motifs is 1. The van der Waals surface area contributed by atoms with Gasteiger partial charge in [0.05, 0.1) is 12.1 Å². The van der Waals surface area contributed by atoms with Gasteiger partial charge in [0, 0.05) is 42.6 Å². The molecule has 3 atom stereocenters. The predicted molar refractivity (Wildman–Crippen MR) is 121 cm³/mol. The van der Waals surface area contributed by atoms with Gasteiger partial charge in [-0.15, -0.1) is 0 Å². The number of hydrogen-bond donors (Lipinski definition) is 6. The lowest BCUT2D eigenvalue weighted by Crippen LogP contribution is -2.36. The van der Waals surface area contributed by atoms with Crippen molar-refractivity contribution in [3.63, 3.8) is 0 Å². The second kappa shape index (κ2) is 11.6. The van der Waals surface area contributed by atoms with E-state index in [-0.39, 0.29) is 36.5 Å². The topological polar surface area (TPSA) is 149 Å². The van der Waals surface area contributed by atoms with E-state index in [4.69, 9.17) is 5.11 Å². The van der Waals surface area contributed by atoms with Crippen LogP contribution in [0.1, 0.15) is 41.6 Å². The Kier molecular flexibility index (Phi) is 8.60. The first-order valence-electron chi connectivity index (χ1n) is 10.7. The van der Waals surface area contributed by atoms with Crippen LogP contribution in [-0.4, -0.2) is 65.2 Å². The number of carbonyl (C=O) groups excluding carboxylic acids is 3. The van der Waals surface area contributed by atoms with E-state index in [2.05, 4.69) is 26.6 Å².